The Morgan fingerprint density at radius 1 is 1.11 bits per heavy atom. The first-order valence-electron chi connectivity index (χ1n) is 5.89. The smallest absolute Gasteiger partial charge is 0.146 e. The van der Waals surface area contributed by atoms with Crippen LogP contribution in [0.5, 0.6) is 0 Å². The van der Waals surface area contributed by atoms with Gasteiger partial charge in [0.15, 0.2) is 0 Å². The number of furan rings is 1. The summed E-state index contributed by atoms with van der Waals surface area (Å²) in [6.07, 6.45) is 0. The van der Waals surface area contributed by atoms with Crippen molar-refractivity contribution in [3.8, 4) is 0 Å². The van der Waals surface area contributed by atoms with Crippen LogP contribution in [0.2, 0.25) is 0 Å². The highest BCUT2D eigenvalue weighted by Crippen LogP contribution is 2.23. The lowest BCUT2D eigenvalue weighted by Crippen LogP contribution is -2.00. The molecule has 0 aliphatic rings. The maximum absolute atomic E-state index is 13.6. The maximum atomic E-state index is 13.6. The fourth-order valence-corrected chi connectivity index (χ4v) is 2.30. The standard InChI is InChI=1S/C15H11BrFNO/c16-11-5-6-13(17)14(8-11)18-9-12-7-10-3-1-2-4-15(10)19-12/h1-8,18H,9H2. The summed E-state index contributed by atoms with van der Waals surface area (Å²) in [5, 5.41) is 4.08. The van der Waals surface area contributed by atoms with Crippen LogP contribution in [-0.4, -0.2) is 0 Å². The molecule has 2 aromatic carbocycles. The Balaban J connectivity index is 1.80. The molecule has 1 heterocycles. The highest BCUT2D eigenvalue weighted by Gasteiger charge is 2.05. The van der Waals surface area contributed by atoms with Crippen molar-refractivity contribution in [3.05, 3.63) is 64.6 Å². The van der Waals surface area contributed by atoms with Crippen molar-refractivity contribution in [3.63, 3.8) is 0 Å². The van der Waals surface area contributed by atoms with E-state index in [0.717, 1.165) is 21.2 Å². The number of anilines is 1. The van der Waals surface area contributed by atoms with Crippen molar-refractivity contribution in [2.45, 2.75) is 6.54 Å². The van der Waals surface area contributed by atoms with Crippen molar-refractivity contribution in [2.24, 2.45) is 0 Å². The molecule has 3 rings (SSSR count). The van der Waals surface area contributed by atoms with Gasteiger partial charge in [-0.05, 0) is 30.3 Å². The summed E-state index contributed by atoms with van der Waals surface area (Å²) >= 11 is 3.32. The lowest BCUT2D eigenvalue weighted by atomic mass is 10.2. The van der Waals surface area contributed by atoms with Gasteiger partial charge in [0.25, 0.3) is 0 Å². The minimum atomic E-state index is -0.278. The van der Waals surface area contributed by atoms with Crippen LogP contribution < -0.4 is 5.32 Å². The molecular formula is C15H11BrFNO. The largest absolute Gasteiger partial charge is 0.459 e. The van der Waals surface area contributed by atoms with Crippen molar-refractivity contribution in [1.29, 1.82) is 0 Å². The molecule has 0 spiro atoms. The number of nitrogens with one attached hydrogen (secondary N) is 1. The molecule has 3 aromatic rings. The van der Waals surface area contributed by atoms with E-state index in [0.29, 0.717) is 12.2 Å². The maximum Gasteiger partial charge on any atom is 0.146 e. The van der Waals surface area contributed by atoms with Crippen LogP contribution in [0, 0.1) is 5.82 Å². The molecule has 4 heteroatoms. The van der Waals surface area contributed by atoms with Gasteiger partial charge in [0, 0.05) is 9.86 Å². The predicted molar refractivity (Wildman–Crippen MR) is 77.6 cm³/mol. The van der Waals surface area contributed by atoms with Crippen molar-refractivity contribution >= 4 is 32.6 Å². The van der Waals surface area contributed by atoms with Gasteiger partial charge in [-0.1, -0.05) is 34.1 Å². The van der Waals surface area contributed by atoms with Crippen LogP contribution in [-0.2, 0) is 6.54 Å². The van der Waals surface area contributed by atoms with Gasteiger partial charge in [0.1, 0.15) is 17.2 Å². The molecule has 1 N–H and O–H groups in total. The number of halogens is 2. The molecule has 0 aliphatic heterocycles. The number of benzene rings is 2. The van der Waals surface area contributed by atoms with Gasteiger partial charge in [-0.25, -0.2) is 4.39 Å². The Morgan fingerprint density at radius 2 is 1.95 bits per heavy atom. The highest BCUT2D eigenvalue weighted by atomic mass is 79.9. The second-order valence-electron chi connectivity index (χ2n) is 4.23. The summed E-state index contributed by atoms with van der Waals surface area (Å²) in [5.41, 5.74) is 1.30. The first-order chi connectivity index (χ1) is 9.22. The molecular weight excluding hydrogens is 309 g/mol. The fourth-order valence-electron chi connectivity index (χ4n) is 1.94. The summed E-state index contributed by atoms with van der Waals surface area (Å²) in [4.78, 5) is 0. The van der Waals surface area contributed by atoms with Crippen molar-refractivity contribution in [1.82, 2.24) is 0 Å². The van der Waals surface area contributed by atoms with Crippen molar-refractivity contribution < 1.29 is 8.81 Å². The molecule has 0 unspecified atom stereocenters. The van der Waals surface area contributed by atoms with Gasteiger partial charge < -0.3 is 9.73 Å². The Hall–Kier alpha value is -1.81. The molecule has 19 heavy (non-hydrogen) atoms. The van der Waals surface area contributed by atoms with Gasteiger partial charge >= 0.3 is 0 Å². The first kappa shape index (κ1) is 12.2. The summed E-state index contributed by atoms with van der Waals surface area (Å²) in [6.45, 7) is 0.446. The highest BCUT2D eigenvalue weighted by molar-refractivity contribution is 9.10. The Kier molecular flexibility index (Phi) is 3.25. The second kappa shape index (κ2) is 5.05. The number of fused-ring (bicyclic) bond motifs is 1. The first-order valence-corrected chi connectivity index (χ1v) is 6.68. The molecule has 2 nitrogen and oxygen atoms in total. The summed E-state index contributed by atoms with van der Waals surface area (Å²) in [6, 6.07) is 14.5. The zero-order valence-corrected chi connectivity index (χ0v) is 11.6. The van der Waals surface area contributed by atoms with E-state index in [1.807, 2.05) is 30.3 Å². The van der Waals surface area contributed by atoms with Crippen LogP contribution in [0.15, 0.2) is 57.4 Å². The van der Waals surface area contributed by atoms with Gasteiger partial charge in [-0.2, -0.15) is 0 Å². The van der Waals surface area contributed by atoms with E-state index >= 15 is 0 Å². The Labute approximate surface area is 118 Å². The molecule has 1 aromatic heterocycles. The lowest BCUT2D eigenvalue weighted by molar-refractivity contribution is 0.558. The van der Waals surface area contributed by atoms with Gasteiger partial charge in [0.2, 0.25) is 0 Å². The van der Waals surface area contributed by atoms with E-state index in [2.05, 4.69) is 21.2 Å². The van der Waals surface area contributed by atoms with E-state index < -0.39 is 0 Å². The number of hydrogen-bond acceptors (Lipinski definition) is 2. The quantitative estimate of drug-likeness (QED) is 0.739. The molecule has 0 radical (unpaired) electrons. The molecule has 0 atom stereocenters. The van der Waals surface area contributed by atoms with Crippen LogP contribution >= 0.6 is 15.9 Å². The molecule has 0 bridgehead atoms. The number of rotatable bonds is 3. The topological polar surface area (TPSA) is 25.2 Å². The normalized spacial score (nSPS) is 10.8. The third-order valence-electron chi connectivity index (χ3n) is 2.86. The minimum absolute atomic E-state index is 0.278. The molecule has 0 fully saturated rings. The average molecular weight is 320 g/mol. The molecule has 0 saturated carbocycles. The monoisotopic (exact) mass is 319 g/mol. The SMILES string of the molecule is Fc1ccc(Br)cc1NCc1cc2ccccc2o1. The van der Waals surface area contributed by atoms with Crippen LogP contribution in [0.25, 0.3) is 11.0 Å². The molecule has 96 valence electrons. The third-order valence-corrected chi connectivity index (χ3v) is 3.35. The minimum Gasteiger partial charge on any atom is -0.459 e. The number of hydrogen-bond donors (Lipinski definition) is 1. The van der Waals surface area contributed by atoms with E-state index in [1.54, 1.807) is 12.1 Å². The van der Waals surface area contributed by atoms with Crippen molar-refractivity contribution in [2.75, 3.05) is 5.32 Å². The average Bonchev–Trinajstić information content (AvgIpc) is 2.82. The van der Waals surface area contributed by atoms with E-state index in [1.165, 1.54) is 6.07 Å². The Bertz CT molecular complexity index is 690. The van der Waals surface area contributed by atoms with E-state index in [9.17, 15) is 4.39 Å². The van der Waals surface area contributed by atoms with Crippen LogP contribution in [0.3, 0.4) is 0 Å². The zero-order valence-electron chi connectivity index (χ0n) is 9.99. The third kappa shape index (κ3) is 2.63. The van der Waals surface area contributed by atoms with Crippen LogP contribution in [0.1, 0.15) is 5.76 Å². The molecule has 0 saturated heterocycles. The second-order valence-corrected chi connectivity index (χ2v) is 5.14. The van der Waals surface area contributed by atoms with E-state index in [-0.39, 0.29) is 5.82 Å². The predicted octanol–water partition coefficient (Wildman–Crippen LogP) is 4.95. The van der Waals surface area contributed by atoms with Gasteiger partial charge in [0.05, 0.1) is 12.2 Å². The molecule has 0 amide bonds. The summed E-state index contributed by atoms with van der Waals surface area (Å²) in [7, 11) is 0. The summed E-state index contributed by atoms with van der Waals surface area (Å²) < 4.78 is 20.1. The fraction of sp³-hybridized carbons (Fsp3) is 0.0667. The summed E-state index contributed by atoms with van der Waals surface area (Å²) in [5.74, 6) is 0.500. The molecule has 0 aliphatic carbocycles. The van der Waals surface area contributed by atoms with Gasteiger partial charge in [-0.15, -0.1) is 0 Å². The zero-order chi connectivity index (χ0) is 13.2. The lowest BCUT2D eigenvalue weighted by Gasteiger charge is -2.06. The van der Waals surface area contributed by atoms with Gasteiger partial charge in [-0.3, -0.25) is 0 Å². The number of para-hydroxylation sites is 1. The van der Waals surface area contributed by atoms with Crippen LogP contribution in [0.4, 0.5) is 10.1 Å². The van der Waals surface area contributed by atoms with E-state index in [4.69, 9.17) is 4.42 Å². The Morgan fingerprint density at radius 3 is 2.79 bits per heavy atom.